The number of aromatic amines is 2. The van der Waals surface area contributed by atoms with Gasteiger partial charge in [0.2, 0.25) is 0 Å². The molecule has 4 N–H and O–H groups in total. The van der Waals surface area contributed by atoms with Crippen LogP contribution in [-0.2, 0) is 6.54 Å². The molecule has 0 amide bonds. The van der Waals surface area contributed by atoms with Crippen LogP contribution in [0.1, 0.15) is 68.0 Å². The van der Waals surface area contributed by atoms with Crippen LogP contribution in [0.4, 0.5) is 10.1 Å². The monoisotopic (exact) mass is 635 g/mol. The average molecular weight is 636 g/mol. The summed E-state index contributed by atoms with van der Waals surface area (Å²) < 4.78 is 14.9. The summed E-state index contributed by atoms with van der Waals surface area (Å²) in [4.78, 5) is 19.9. The van der Waals surface area contributed by atoms with Crippen LogP contribution >= 0.6 is 0 Å². The summed E-state index contributed by atoms with van der Waals surface area (Å²) in [5.74, 6) is 1.22. The largest absolute Gasteiger partial charge is 0.384 e. The van der Waals surface area contributed by atoms with Crippen molar-refractivity contribution < 1.29 is 4.39 Å². The van der Waals surface area contributed by atoms with Crippen molar-refractivity contribution in [2.75, 3.05) is 46.1 Å². The number of hydrogen-bond donors (Lipinski definition) is 4. The van der Waals surface area contributed by atoms with Crippen LogP contribution < -0.4 is 10.6 Å². The predicted octanol–water partition coefficient (Wildman–Crippen LogP) is 7.00. The van der Waals surface area contributed by atoms with E-state index < -0.39 is 0 Å². The van der Waals surface area contributed by atoms with E-state index in [1.807, 2.05) is 32.6 Å². The first kappa shape index (κ1) is 32.5. The van der Waals surface area contributed by atoms with Crippen molar-refractivity contribution in [1.29, 1.82) is 0 Å². The Morgan fingerprint density at radius 3 is 2.66 bits per heavy atom. The van der Waals surface area contributed by atoms with Crippen molar-refractivity contribution in [2.24, 2.45) is 10.9 Å². The first-order valence-corrected chi connectivity index (χ1v) is 16.7. The number of fused-ring (bicyclic) bond motifs is 1. The fourth-order valence-electron chi connectivity index (χ4n) is 6.47. The quantitative estimate of drug-likeness (QED) is 0.104. The van der Waals surface area contributed by atoms with Gasteiger partial charge in [-0.15, -0.1) is 0 Å². The Balaban J connectivity index is 1.29. The van der Waals surface area contributed by atoms with Gasteiger partial charge in [-0.3, -0.25) is 15.1 Å². The lowest BCUT2D eigenvalue weighted by atomic mass is 10.0. The average Bonchev–Trinajstić information content (AvgIpc) is 3.81. The maximum absolute atomic E-state index is 14.9. The first-order valence-electron chi connectivity index (χ1n) is 16.7. The Morgan fingerprint density at radius 1 is 1.06 bits per heavy atom. The summed E-state index contributed by atoms with van der Waals surface area (Å²) in [6, 6.07) is 13.5. The van der Waals surface area contributed by atoms with Crippen molar-refractivity contribution in [3.05, 3.63) is 83.2 Å². The van der Waals surface area contributed by atoms with Gasteiger partial charge in [-0.1, -0.05) is 32.8 Å². The van der Waals surface area contributed by atoms with Crippen LogP contribution in [0.5, 0.6) is 0 Å². The molecular formula is C37H46FN9. The molecule has 9 nitrogen and oxygen atoms in total. The van der Waals surface area contributed by atoms with Gasteiger partial charge in [0, 0.05) is 67.0 Å². The van der Waals surface area contributed by atoms with E-state index >= 15 is 0 Å². The highest BCUT2D eigenvalue weighted by molar-refractivity contribution is 6.13. The number of aliphatic imine (C=N–C) groups is 1. The third kappa shape index (κ3) is 7.60. The molecule has 5 aromatic rings. The lowest BCUT2D eigenvalue weighted by Gasteiger charge is -2.13. The minimum absolute atomic E-state index is 0.117. The zero-order valence-electron chi connectivity index (χ0n) is 28.1. The number of rotatable bonds is 13. The predicted molar refractivity (Wildman–Crippen MR) is 190 cm³/mol. The molecule has 1 saturated carbocycles. The Kier molecular flexibility index (Phi) is 10.1. The molecule has 2 aromatic carbocycles. The molecule has 0 atom stereocenters. The van der Waals surface area contributed by atoms with E-state index in [4.69, 9.17) is 4.98 Å². The number of anilines is 1. The van der Waals surface area contributed by atoms with E-state index in [2.05, 4.69) is 78.8 Å². The molecule has 0 bridgehead atoms. The third-order valence-electron chi connectivity index (χ3n) is 8.97. The summed E-state index contributed by atoms with van der Waals surface area (Å²) in [7, 11) is 5.75. The van der Waals surface area contributed by atoms with Crippen molar-refractivity contribution in [3.8, 4) is 22.6 Å². The molecule has 0 saturated heterocycles. The fraction of sp³-hybridized carbons (Fsp3) is 0.405. The fourth-order valence-corrected chi connectivity index (χ4v) is 6.47. The van der Waals surface area contributed by atoms with Crippen molar-refractivity contribution in [2.45, 2.75) is 52.0 Å². The number of nitrogens with one attached hydrogen (secondary N) is 4. The van der Waals surface area contributed by atoms with E-state index in [1.54, 1.807) is 7.05 Å². The van der Waals surface area contributed by atoms with E-state index in [9.17, 15) is 4.39 Å². The smallest absolute Gasteiger partial charge is 0.159 e. The standard InChI is InChI=1S/C37H46FN9/c1-23(2)33-36(34(39-3)27-15-29(38)18-30(16-27)42-12-13-47(4)5)44-37(43-33)35-31-17-26(10-11-32(31)45-46-35)28-14-25(21-41-22-28)20-40-19-24-8-6-7-9-24/h10-11,14-18,21-24,40,42H,6-9,12-13,19-20H2,1-5H3,(H,43,44)(H,45,46). The van der Waals surface area contributed by atoms with E-state index in [-0.39, 0.29) is 11.7 Å². The second-order valence-electron chi connectivity index (χ2n) is 13.2. The lowest BCUT2D eigenvalue weighted by Crippen LogP contribution is -2.21. The summed E-state index contributed by atoms with van der Waals surface area (Å²) >= 11 is 0. The van der Waals surface area contributed by atoms with E-state index in [0.717, 1.165) is 59.0 Å². The van der Waals surface area contributed by atoms with Crippen LogP contribution in [0.3, 0.4) is 0 Å². The summed E-state index contributed by atoms with van der Waals surface area (Å²) in [6.45, 7) is 7.62. The zero-order valence-corrected chi connectivity index (χ0v) is 28.1. The number of hydrogen-bond acceptors (Lipinski definition) is 7. The minimum Gasteiger partial charge on any atom is -0.384 e. The second kappa shape index (κ2) is 14.6. The highest BCUT2D eigenvalue weighted by Gasteiger charge is 2.23. The molecule has 1 aliphatic rings. The molecule has 47 heavy (non-hydrogen) atoms. The molecule has 6 rings (SSSR count). The van der Waals surface area contributed by atoms with Gasteiger partial charge >= 0.3 is 0 Å². The number of imidazole rings is 1. The first-order chi connectivity index (χ1) is 22.8. The summed E-state index contributed by atoms with van der Waals surface area (Å²) in [6.07, 6.45) is 9.24. The third-order valence-corrected chi connectivity index (χ3v) is 8.97. The molecule has 3 aromatic heterocycles. The Hall–Kier alpha value is -4.41. The van der Waals surface area contributed by atoms with Gasteiger partial charge in [0.25, 0.3) is 0 Å². The molecule has 0 unspecified atom stereocenters. The van der Waals surface area contributed by atoms with Crippen LogP contribution in [0.15, 0.2) is 59.9 Å². The van der Waals surface area contributed by atoms with Gasteiger partial charge < -0.3 is 20.5 Å². The molecular weight excluding hydrogens is 589 g/mol. The number of halogens is 1. The van der Waals surface area contributed by atoms with Crippen LogP contribution in [0, 0.1) is 11.7 Å². The highest BCUT2D eigenvalue weighted by atomic mass is 19.1. The molecule has 0 radical (unpaired) electrons. The van der Waals surface area contributed by atoms with Crippen LogP contribution in [0.25, 0.3) is 33.5 Å². The molecule has 0 spiro atoms. The molecule has 0 aliphatic heterocycles. The van der Waals surface area contributed by atoms with Crippen molar-refractivity contribution in [3.63, 3.8) is 0 Å². The Labute approximate surface area is 276 Å². The second-order valence-corrected chi connectivity index (χ2v) is 13.2. The maximum atomic E-state index is 14.9. The minimum atomic E-state index is -0.327. The Morgan fingerprint density at radius 2 is 1.89 bits per heavy atom. The molecule has 246 valence electrons. The van der Waals surface area contributed by atoms with Gasteiger partial charge in [-0.05, 0) is 92.8 Å². The highest BCUT2D eigenvalue weighted by Crippen LogP contribution is 2.32. The van der Waals surface area contributed by atoms with Gasteiger partial charge in [0.1, 0.15) is 17.2 Å². The SMILES string of the molecule is CN=C(c1cc(F)cc(NCCN(C)C)c1)c1nc(-c2n[nH]c3ccc(-c4cncc(CNCC5CCCC5)c4)cc23)[nH]c1C(C)C. The number of aromatic nitrogens is 5. The lowest BCUT2D eigenvalue weighted by molar-refractivity contribution is 0.425. The molecule has 1 fully saturated rings. The summed E-state index contributed by atoms with van der Waals surface area (Å²) in [5.41, 5.74) is 8.53. The number of nitrogens with zero attached hydrogens (tertiary/aromatic N) is 5. The Bertz CT molecular complexity index is 1850. The van der Waals surface area contributed by atoms with Crippen LogP contribution in [0.2, 0.25) is 0 Å². The van der Waals surface area contributed by atoms with Crippen molar-refractivity contribution >= 4 is 22.3 Å². The normalized spacial score (nSPS) is 14.3. The van der Waals surface area contributed by atoms with Gasteiger partial charge in [-0.2, -0.15) is 5.10 Å². The summed E-state index contributed by atoms with van der Waals surface area (Å²) in [5, 5.41) is 15.8. The topological polar surface area (TPSA) is 110 Å². The van der Waals surface area contributed by atoms with E-state index in [0.29, 0.717) is 35.0 Å². The number of H-pyrrole nitrogens is 2. The van der Waals surface area contributed by atoms with Crippen molar-refractivity contribution in [1.82, 2.24) is 35.4 Å². The number of likely N-dealkylation sites (N-methyl/N-ethyl adjacent to an activating group) is 1. The number of pyridine rings is 1. The van der Waals surface area contributed by atoms with Gasteiger partial charge in [-0.25, -0.2) is 9.37 Å². The van der Waals surface area contributed by atoms with Gasteiger partial charge in [0.05, 0.1) is 11.2 Å². The zero-order chi connectivity index (χ0) is 32.9. The number of benzene rings is 2. The van der Waals surface area contributed by atoms with E-state index in [1.165, 1.54) is 43.4 Å². The van der Waals surface area contributed by atoms with Crippen LogP contribution in [-0.4, -0.2) is 76.5 Å². The molecule has 1 aliphatic carbocycles. The molecule has 3 heterocycles. The maximum Gasteiger partial charge on any atom is 0.159 e. The molecule has 10 heteroatoms. The van der Waals surface area contributed by atoms with Gasteiger partial charge in [0.15, 0.2) is 5.82 Å².